The maximum Gasteiger partial charge on any atom is 0.262 e. The van der Waals surface area contributed by atoms with E-state index in [0.717, 1.165) is 5.56 Å². The topological polar surface area (TPSA) is 67.9 Å². The van der Waals surface area contributed by atoms with Crippen LogP contribution in [0.5, 0.6) is 11.5 Å². The lowest BCUT2D eigenvalue weighted by Crippen LogP contribution is -2.27. The van der Waals surface area contributed by atoms with Gasteiger partial charge in [-0.3, -0.25) is 9.59 Å². The molecule has 0 heterocycles. The summed E-state index contributed by atoms with van der Waals surface area (Å²) in [5.41, 5.74) is 1.09. The zero-order valence-corrected chi connectivity index (χ0v) is 18.4. The van der Waals surface area contributed by atoms with Crippen LogP contribution in [0.1, 0.15) is 15.9 Å². The molecule has 0 aliphatic heterocycles. The average Bonchev–Trinajstić information content (AvgIpc) is 2.79. The second-order valence-electron chi connectivity index (χ2n) is 6.93. The smallest absolute Gasteiger partial charge is 0.262 e. The van der Waals surface area contributed by atoms with Crippen LogP contribution >= 0.6 is 11.6 Å². The van der Waals surface area contributed by atoms with Crippen LogP contribution in [-0.4, -0.2) is 37.5 Å². The van der Waals surface area contributed by atoms with Gasteiger partial charge in [0, 0.05) is 24.2 Å². The van der Waals surface area contributed by atoms with Crippen LogP contribution in [0, 0.1) is 5.82 Å². The number of rotatable bonds is 8. The van der Waals surface area contributed by atoms with Gasteiger partial charge in [-0.05, 0) is 42.5 Å². The first kappa shape index (κ1) is 23.1. The maximum atomic E-state index is 13.7. The number of ether oxygens (including phenoxy) is 2. The Hall–Kier alpha value is -3.58. The molecule has 0 spiro atoms. The number of methoxy groups -OCH3 is 1. The summed E-state index contributed by atoms with van der Waals surface area (Å²) in [6, 6.07) is 17.6. The lowest BCUT2D eigenvalue weighted by atomic mass is 10.1. The van der Waals surface area contributed by atoms with E-state index >= 15 is 0 Å². The number of para-hydroxylation sites is 2. The van der Waals surface area contributed by atoms with Gasteiger partial charge in [0.15, 0.2) is 6.61 Å². The van der Waals surface area contributed by atoms with Gasteiger partial charge in [0.1, 0.15) is 17.3 Å². The predicted molar refractivity (Wildman–Crippen MR) is 121 cm³/mol. The molecule has 6 nitrogen and oxygen atoms in total. The standard InChI is InChI=1S/C24H22ClFN2O4/c1-28(14-16-13-17(25)11-12-21(16)31-2)24(30)18-7-3-6-10-22(18)32-15-23(29)27-20-9-5-4-8-19(20)26/h3-13H,14-15H2,1-2H3,(H,27,29). The number of benzene rings is 3. The molecule has 0 aromatic heterocycles. The van der Waals surface area contributed by atoms with Crippen LogP contribution in [0.4, 0.5) is 10.1 Å². The third kappa shape index (κ3) is 5.76. The van der Waals surface area contributed by atoms with Gasteiger partial charge >= 0.3 is 0 Å². The number of carbonyl (C=O) groups excluding carboxylic acids is 2. The van der Waals surface area contributed by atoms with Crippen LogP contribution in [0.15, 0.2) is 66.7 Å². The summed E-state index contributed by atoms with van der Waals surface area (Å²) in [7, 11) is 3.19. The molecule has 3 aromatic carbocycles. The molecule has 166 valence electrons. The Balaban J connectivity index is 1.69. The second-order valence-corrected chi connectivity index (χ2v) is 7.37. The van der Waals surface area contributed by atoms with E-state index in [2.05, 4.69) is 5.32 Å². The molecule has 3 rings (SSSR count). The van der Waals surface area contributed by atoms with Gasteiger partial charge in [-0.1, -0.05) is 35.9 Å². The van der Waals surface area contributed by atoms with Gasteiger partial charge in [0.05, 0.1) is 18.4 Å². The normalized spacial score (nSPS) is 10.4. The van der Waals surface area contributed by atoms with Gasteiger partial charge in [0.2, 0.25) is 0 Å². The molecule has 0 saturated heterocycles. The predicted octanol–water partition coefficient (Wildman–Crippen LogP) is 4.78. The van der Waals surface area contributed by atoms with Crippen molar-refractivity contribution in [1.82, 2.24) is 4.90 Å². The highest BCUT2D eigenvalue weighted by Gasteiger charge is 2.19. The minimum atomic E-state index is -0.547. The highest BCUT2D eigenvalue weighted by atomic mass is 35.5. The molecule has 32 heavy (non-hydrogen) atoms. The van der Waals surface area contributed by atoms with E-state index < -0.39 is 11.7 Å². The minimum absolute atomic E-state index is 0.0562. The summed E-state index contributed by atoms with van der Waals surface area (Å²) < 4.78 is 24.6. The molecule has 0 saturated carbocycles. The fourth-order valence-electron chi connectivity index (χ4n) is 3.07. The number of hydrogen-bond donors (Lipinski definition) is 1. The van der Waals surface area contributed by atoms with Gasteiger partial charge in [-0.2, -0.15) is 0 Å². The molecule has 3 aromatic rings. The van der Waals surface area contributed by atoms with Crippen LogP contribution in [0.3, 0.4) is 0 Å². The van der Waals surface area contributed by atoms with Crippen molar-refractivity contribution in [1.29, 1.82) is 0 Å². The Bertz CT molecular complexity index is 1120. The van der Waals surface area contributed by atoms with Crippen LogP contribution in [0.25, 0.3) is 0 Å². The van der Waals surface area contributed by atoms with Crippen molar-refractivity contribution in [2.45, 2.75) is 6.54 Å². The SMILES string of the molecule is COc1ccc(Cl)cc1CN(C)C(=O)c1ccccc1OCC(=O)Nc1ccccc1F. The average molecular weight is 457 g/mol. The van der Waals surface area contributed by atoms with Crippen molar-refractivity contribution in [3.05, 3.63) is 88.7 Å². The van der Waals surface area contributed by atoms with Gasteiger partial charge < -0.3 is 19.7 Å². The third-order valence-corrected chi connectivity index (χ3v) is 4.86. The van der Waals surface area contributed by atoms with Gasteiger partial charge in [-0.15, -0.1) is 0 Å². The number of amides is 2. The molecule has 0 radical (unpaired) electrons. The van der Waals surface area contributed by atoms with E-state index in [-0.39, 0.29) is 36.1 Å². The number of carbonyl (C=O) groups is 2. The monoisotopic (exact) mass is 456 g/mol. The van der Waals surface area contributed by atoms with E-state index in [1.807, 2.05) is 0 Å². The minimum Gasteiger partial charge on any atom is -0.496 e. The van der Waals surface area contributed by atoms with E-state index in [1.165, 1.54) is 23.1 Å². The quantitative estimate of drug-likeness (QED) is 0.530. The molecule has 0 atom stereocenters. The molecular formula is C24H22ClFN2O4. The Morgan fingerprint density at radius 2 is 1.75 bits per heavy atom. The molecule has 2 amide bonds. The van der Waals surface area contributed by atoms with Crippen LogP contribution in [0.2, 0.25) is 5.02 Å². The van der Waals surface area contributed by atoms with Crippen molar-refractivity contribution in [2.24, 2.45) is 0 Å². The highest BCUT2D eigenvalue weighted by molar-refractivity contribution is 6.30. The fourth-order valence-corrected chi connectivity index (χ4v) is 3.26. The molecular weight excluding hydrogens is 435 g/mol. The van der Waals surface area contributed by atoms with Gasteiger partial charge in [-0.25, -0.2) is 4.39 Å². The van der Waals surface area contributed by atoms with E-state index in [9.17, 15) is 14.0 Å². The summed E-state index contributed by atoms with van der Waals surface area (Å²) in [5, 5.41) is 2.98. The Labute approximate surface area is 190 Å². The number of nitrogens with zero attached hydrogens (tertiary/aromatic N) is 1. The zero-order valence-electron chi connectivity index (χ0n) is 17.6. The molecule has 0 fully saturated rings. The molecule has 0 aliphatic carbocycles. The Morgan fingerprint density at radius 3 is 2.50 bits per heavy atom. The maximum absolute atomic E-state index is 13.7. The summed E-state index contributed by atoms with van der Waals surface area (Å²) in [5.74, 6) is -0.546. The molecule has 0 bridgehead atoms. The fraction of sp³-hybridized carbons (Fsp3) is 0.167. The first-order valence-corrected chi connectivity index (χ1v) is 10.1. The van der Waals surface area contributed by atoms with E-state index in [0.29, 0.717) is 10.8 Å². The first-order chi connectivity index (χ1) is 15.4. The van der Waals surface area contributed by atoms with Crippen molar-refractivity contribution in [3.63, 3.8) is 0 Å². The summed E-state index contributed by atoms with van der Waals surface area (Å²) in [4.78, 5) is 26.7. The van der Waals surface area contributed by atoms with E-state index in [1.54, 1.807) is 62.7 Å². The summed E-state index contributed by atoms with van der Waals surface area (Å²) in [6.07, 6.45) is 0. The van der Waals surface area contributed by atoms with Crippen molar-refractivity contribution >= 4 is 29.1 Å². The van der Waals surface area contributed by atoms with Crippen LogP contribution in [-0.2, 0) is 11.3 Å². The number of halogens is 2. The molecule has 1 N–H and O–H groups in total. The van der Waals surface area contributed by atoms with Crippen LogP contribution < -0.4 is 14.8 Å². The highest BCUT2D eigenvalue weighted by Crippen LogP contribution is 2.26. The lowest BCUT2D eigenvalue weighted by Gasteiger charge is -2.20. The Morgan fingerprint density at radius 1 is 1.03 bits per heavy atom. The van der Waals surface area contributed by atoms with Crippen molar-refractivity contribution in [3.8, 4) is 11.5 Å². The van der Waals surface area contributed by atoms with Gasteiger partial charge in [0.25, 0.3) is 11.8 Å². The third-order valence-electron chi connectivity index (χ3n) is 4.62. The summed E-state index contributed by atoms with van der Waals surface area (Å²) >= 11 is 6.08. The van der Waals surface area contributed by atoms with Crippen molar-refractivity contribution < 1.29 is 23.5 Å². The number of nitrogens with one attached hydrogen (secondary N) is 1. The number of anilines is 1. The lowest BCUT2D eigenvalue weighted by molar-refractivity contribution is -0.118. The Kier molecular flexibility index (Phi) is 7.68. The molecule has 0 aliphatic rings. The molecule has 0 unspecified atom stereocenters. The first-order valence-electron chi connectivity index (χ1n) is 9.73. The molecule has 8 heteroatoms. The summed E-state index contributed by atoms with van der Waals surface area (Å²) in [6.45, 7) is -0.130. The zero-order chi connectivity index (χ0) is 23.1. The van der Waals surface area contributed by atoms with Crippen molar-refractivity contribution in [2.75, 3.05) is 26.1 Å². The largest absolute Gasteiger partial charge is 0.496 e. The number of hydrogen-bond acceptors (Lipinski definition) is 4. The van der Waals surface area contributed by atoms with E-state index in [4.69, 9.17) is 21.1 Å². The second kappa shape index (κ2) is 10.6.